The largest absolute Gasteiger partial charge is 0.497 e. The zero-order valence-electron chi connectivity index (χ0n) is 18.0. The number of nitrogens with zero attached hydrogens (tertiary/aromatic N) is 4. The number of hydrogen-bond acceptors (Lipinski definition) is 6. The smallest absolute Gasteiger partial charge is 0.259 e. The predicted octanol–water partition coefficient (Wildman–Crippen LogP) is 2.31. The lowest BCUT2D eigenvalue weighted by Crippen LogP contribution is -2.41. The van der Waals surface area contributed by atoms with Crippen LogP contribution in [0.3, 0.4) is 0 Å². The van der Waals surface area contributed by atoms with E-state index in [1.807, 2.05) is 6.92 Å². The van der Waals surface area contributed by atoms with Crippen LogP contribution in [-0.4, -0.2) is 72.4 Å². The van der Waals surface area contributed by atoms with Crippen molar-refractivity contribution in [2.24, 2.45) is 0 Å². The maximum Gasteiger partial charge on any atom is 0.259 e. The number of hydrogen-bond donors (Lipinski definition) is 1. The molecule has 1 aromatic carbocycles. The SMILES string of the molecule is COc1ccc(NC(=O)c2cnc(C3CCN(CC(=O)N(C)C)CC3)nc2C)cc1. The fourth-order valence-corrected chi connectivity index (χ4v) is 3.46. The Morgan fingerprint density at radius 3 is 2.43 bits per heavy atom. The molecule has 8 heteroatoms. The van der Waals surface area contributed by atoms with Gasteiger partial charge in [-0.15, -0.1) is 0 Å². The number of likely N-dealkylation sites (tertiary alicyclic amines) is 1. The van der Waals surface area contributed by atoms with Gasteiger partial charge >= 0.3 is 0 Å². The third-order valence-corrected chi connectivity index (χ3v) is 5.40. The molecule has 1 fully saturated rings. The number of methoxy groups -OCH3 is 1. The summed E-state index contributed by atoms with van der Waals surface area (Å²) >= 11 is 0. The number of carbonyl (C=O) groups excluding carboxylic acids is 2. The number of carbonyl (C=O) groups is 2. The molecule has 0 saturated carbocycles. The molecule has 0 radical (unpaired) electrons. The van der Waals surface area contributed by atoms with E-state index in [-0.39, 0.29) is 17.7 Å². The molecule has 0 unspecified atom stereocenters. The molecular weight excluding hydrogens is 382 g/mol. The van der Waals surface area contributed by atoms with Gasteiger partial charge in [0.15, 0.2) is 0 Å². The van der Waals surface area contributed by atoms with Crippen LogP contribution in [0.2, 0.25) is 0 Å². The maximum absolute atomic E-state index is 12.6. The summed E-state index contributed by atoms with van der Waals surface area (Å²) in [5.74, 6) is 1.63. The molecule has 30 heavy (non-hydrogen) atoms. The third kappa shape index (κ3) is 5.33. The van der Waals surface area contributed by atoms with Crippen LogP contribution in [-0.2, 0) is 4.79 Å². The Labute approximate surface area is 177 Å². The topological polar surface area (TPSA) is 87.7 Å². The molecule has 1 aliphatic heterocycles. The Morgan fingerprint density at radius 1 is 1.20 bits per heavy atom. The third-order valence-electron chi connectivity index (χ3n) is 5.40. The van der Waals surface area contributed by atoms with E-state index in [0.717, 1.165) is 37.5 Å². The lowest BCUT2D eigenvalue weighted by Gasteiger charge is -2.31. The molecule has 0 bridgehead atoms. The highest BCUT2D eigenvalue weighted by molar-refractivity contribution is 6.04. The Bertz CT molecular complexity index is 890. The molecule has 0 atom stereocenters. The van der Waals surface area contributed by atoms with Crippen molar-refractivity contribution in [2.75, 3.05) is 46.2 Å². The number of amides is 2. The predicted molar refractivity (Wildman–Crippen MR) is 115 cm³/mol. The van der Waals surface area contributed by atoms with Crippen LogP contribution >= 0.6 is 0 Å². The second-order valence-corrected chi connectivity index (χ2v) is 7.75. The molecule has 1 N–H and O–H groups in total. The van der Waals surface area contributed by atoms with Crippen molar-refractivity contribution in [3.05, 3.63) is 47.5 Å². The molecule has 2 aromatic rings. The molecule has 0 aliphatic carbocycles. The van der Waals surface area contributed by atoms with Crippen LogP contribution in [0.15, 0.2) is 30.5 Å². The van der Waals surface area contributed by atoms with Gasteiger partial charge in [-0.05, 0) is 57.1 Å². The van der Waals surface area contributed by atoms with E-state index in [1.54, 1.807) is 56.6 Å². The lowest BCUT2D eigenvalue weighted by molar-refractivity contribution is -0.130. The van der Waals surface area contributed by atoms with Gasteiger partial charge < -0.3 is 15.0 Å². The minimum absolute atomic E-state index is 0.118. The maximum atomic E-state index is 12.6. The van der Waals surface area contributed by atoms with Gasteiger partial charge in [-0.1, -0.05) is 0 Å². The molecule has 0 spiro atoms. The van der Waals surface area contributed by atoms with Gasteiger partial charge in [-0.25, -0.2) is 9.97 Å². The first kappa shape index (κ1) is 21.7. The number of likely N-dealkylation sites (N-methyl/N-ethyl adjacent to an activating group) is 1. The summed E-state index contributed by atoms with van der Waals surface area (Å²) in [4.78, 5) is 37.4. The van der Waals surface area contributed by atoms with E-state index >= 15 is 0 Å². The lowest BCUT2D eigenvalue weighted by atomic mass is 9.95. The molecule has 1 aliphatic rings. The van der Waals surface area contributed by atoms with Crippen molar-refractivity contribution in [2.45, 2.75) is 25.7 Å². The Morgan fingerprint density at radius 2 is 1.87 bits per heavy atom. The minimum Gasteiger partial charge on any atom is -0.497 e. The quantitative estimate of drug-likeness (QED) is 0.785. The number of piperidine rings is 1. The number of aromatic nitrogens is 2. The highest BCUT2D eigenvalue weighted by Gasteiger charge is 2.25. The first-order valence-electron chi connectivity index (χ1n) is 10.1. The Balaban J connectivity index is 1.59. The van der Waals surface area contributed by atoms with Gasteiger partial charge in [0.1, 0.15) is 11.6 Å². The van der Waals surface area contributed by atoms with E-state index < -0.39 is 0 Å². The fourth-order valence-electron chi connectivity index (χ4n) is 3.46. The summed E-state index contributed by atoms with van der Waals surface area (Å²) in [6.45, 7) is 3.96. The number of ether oxygens (including phenoxy) is 1. The molecule has 2 amide bonds. The highest BCUT2D eigenvalue weighted by Crippen LogP contribution is 2.26. The van der Waals surface area contributed by atoms with E-state index in [9.17, 15) is 9.59 Å². The molecule has 2 heterocycles. The Hall–Kier alpha value is -3.00. The number of rotatable bonds is 6. The summed E-state index contributed by atoms with van der Waals surface area (Å²) in [5, 5.41) is 2.87. The normalized spacial score (nSPS) is 14.9. The first-order chi connectivity index (χ1) is 14.4. The van der Waals surface area contributed by atoms with Crippen LogP contribution in [0.5, 0.6) is 5.75 Å². The van der Waals surface area contributed by atoms with Crippen LogP contribution in [0.25, 0.3) is 0 Å². The van der Waals surface area contributed by atoms with Gasteiger partial charge in [0.05, 0.1) is 24.9 Å². The molecule has 3 rings (SSSR count). The number of anilines is 1. The summed E-state index contributed by atoms with van der Waals surface area (Å²) in [7, 11) is 5.15. The average Bonchev–Trinajstić information content (AvgIpc) is 2.74. The number of nitrogens with one attached hydrogen (secondary N) is 1. The second-order valence-electron chi connectivity index (χ2n) is 7.75. The summed E-state index contributed by atoms with van der Waals surface area (Å²) in [6.07, 6.45) is 3.41. The van der Waals surface area contributed by atoms with Crippen molar-refractivity contribution >= 4 is 17.5 Å². The minimum atomic E-state index is -0.235. The van der Waals surface area contributed by atoms with Crippen molar-refractivity contribution in [1.82, 2.24) is 19.8 Å². The summed E-state index contributed by atoms with van der Waals surface area (Å²) < 4.78 is 5.13. The average molecular weight is 412 g/mol. The van der Waals surface area contributed by atoms with Crippen LogP contribution in [0.4, 0.5) is 5.69 Å². The van der Waals surface area contributed by atoms with Crippen molar-refractivity contribution in [1.29, 1.82) is 0 Å². The molecule has 1 saturated heterocycles. The van der Waals surface area contributed by atoms with Crippen molar-refractivity contribution in [3.63, 3.8) is 0 Å². The highest BCUT2D eigenvalue weighted by atomic mass is 16.5. The number of aryl methyl sites for hydroxylation is 1. The van der Waals surface area contributed by atoms with Gasteiger partial charge in [-0.3, -0.25) is 14.5 Å². The molecule has 8 nitrogen and oxygen atoms in total. The Kier molecular flexibility index (Phi) is 6.99. The zero-order chi connectivity index (χ0) is 21.7. The standard InChI is InChI=1S/C22H29N5O3/c1-15-19(22(29)25-17-5-7-18(30-4)8-6-17)13-23-21(24-15)16-9-11-27(12-10-16)14-20(28)26(2)3/h5-8,13,16H,9-12,14H2,1-4H3,(H,25,29). The van der Waals surface area contributed by atoms with E-state index in [2.05, 4.69) is 20.2 Å². The fraction of sp³-hybridized carbons (Fsp3) is 0.455. The second kappa shape index (κ2) is 9.67. The van der Waals surface area contributed by atoms with Crippen molar-refractivity contribution < 1.29 is 14.3 Å². The molecule has 160 valence electrons. The van der Waals surface area contributed by atoms with E-state index in [1.165, 1.54) is 0 Å². The van der Waals surface area contributed by atoms with Crippen LogP contribution < -0.4 is 10.1 Å². The van der Waals surface area contributed by atoms with E-state index in [4.69, 9.17) is 4.74 Å². The van der Waals surface area contributed by atoms with Gasteiger partial charge in [0, 0.05) is 31.9 Å². The van der Waals surface area contributed by atoms with Gasteiger partial charge in [-0.2, -0.15) is 0 Å². The van der Waals surface area contributed by atoms with Gasteiger partial charge in [0.25, 0.3) is 5.91 Å². The zero-order valence-corrected chi connectivity index (χ0v) is 18.0. The molecule has 1 aromatic heterocycles. The molecular formula is C22H29N5O3. The monoisotopic (exact) mass is 411 g/mol. The summed E-state index contributed by atoms with van der Waals surface area (Å²) in [6, 6.07) is 7.16. The number of benzene rings is 1. The van der Waals surface area contributed by atoms with E-state index in [0.29, 0.717) is 23.5 Å². The van der Waals surface area contributed by atoms with Crippen molar-refractivity contribution in [3.8, 4) is 5.75 Å². The van der Waals surface area contributed by atoms with Crippen LogP contribution in [0, 0.1) is 6.92 Å². The first-order valence-corrected chi connectivity index (χ1v) is 10.1. The summed E-state index contributed by atoms with van der Waals surface area (Å²) in [5.41, 5.74) is 1.81. The van der Waals surface area contributed by atoms with Gasteiger partial charge in [0.2, 0.25) is 5.91 Å². The van der Waals surface area contributed by atoms with Crippen LogP contribution in [0.1, 0.15) is 40.6 Å².